The molecule has 0 aliphatic carbocycles. The predicted molar refractivity (Wildman–Crippen MR) is 494 cm³/mol. The van der Waals surface area contributed by atoms with Crippen molar-refractivity contribution in [2.24, 2.45) is 5.34 Å². The van der Waals surface area contributed by atoms with Crippen LogP contribution in [0.4, 0.5) is 34.6 Å². The Bertz CT molecular complexity index is 6010. The molecule has 11 heterocycles. The zero-order valence-electron chi connectivity index (χ0n) is 72.0. The van der Waals surface area contributed by atoms with Gasteiger partial charge in [0.15, 0.2) is 23.3 Å². The van der Waals surface area contributed by atoms with Crippen molar-refractivity contribution >= 4 is 109 Å². The van der Waals surface area contributed by atoms with Crippen LogP contribution in [0.5, 0.6) is 0 Å². The van der Waals surface area contributed by atoms with Gasteiger partial charge in [0.25, 0.3) is 23.6 Å². The summed E-state index contributed by atoms with van der Waals surface area (Å²) in [5, 5.41) is 19.9. The zero-order valence-corrected chi connectivity index (χ0v) is 81.9. The molecule has 8 N–H and O–H groups in total. The molecule has 0 saturated carbocycles. The molecule has 632 valence electrons. The van der Waals surface area contributed by atoms with Crippen LogP contribution in [0.25, 0.3) is 33.8 Å². The monoisotopic (exact) mass is 2000 g/mol. The van der Waals surface area contributed by atoms with Crippen molar-refractivity contribution in [1.29, 1.82) is 0 Å². The molecule has 15 rings (SSSR count). The summed E-state index contributed by atoms with van der Waals surface area (Å²) in [5.41, 5.74) is 31.0. The first-order valence-corrected chi connectivity index (χ1v) is 39.8. The van der Waals surface area contributed by atoms with E-state index in [4.69, 9.17) is 37.3 Å². The Labute approximate surface area is 819 Å². The summed E-state index contributed by atoms with van der Waals surface area (Å²) in [7, 11) is -0.330. The van der Waals surface area contributed by atoms with Gasteiger partial charge in [-0.25, -0.2) is 24.9 Å². The number of halogens is 3. The minimum atomic E-state index is -0.330. The zero-order chi connectivity index (χ0) is 89.5. The standard InChI is InChI=1S/C25H19N5O.C18H15IN4O.C18H17N5O.C13H20BNO2.C11H9BrN4O.C7H5N.HI.HNO2.2Na/c1-17-5-6-19(7-8-20-4-3-10-26-13-20)12-21(17)23-15-29-24(16-28-23)30-25(31)22-14-27-11-9-18(22)2;2*1-11-3-4-13(19)7-14(11)16-9-22-17(10-21-16)23-18(24)15-8-20-6-5-12(15)2;1-9-6-7-10(15)8-11(9)14-16-12(2,3)13(4,5)17-14;1-7-2-3-13-4-8(7)11(17)16-10-6-14-9(12)5-15-10;1-2-7-4-3-5-8-6-7;;2-1-3;;/h3-6,9-16H,1-2H3,(H,29,30,31);3-10H,1-2H3,(H,22,23,24);3-10H,19H2,1-2H3,(H,22,23,24);6-8H,15H2,1-5H3;2-6H,1H3,(H,15,16,17);1,3-6H;1H;(H,2,3);;/q;;;;;;;;2*+1/p-2. The topological polar surface area (TPSA) is 420 Å². The second kappa shape index (κ2) is 51.0. The van der Waals surface area contributed by atoms with E-state index in [1.165, 1.54) is 37.2 Å². The number of aromatic nitrogens is 14. The van der Waals surface area contributed by atoms with E-state index >= 15 is 0 Å². The van der Waals surface area contributed by atoms with E-state index in [-0.39, 0.29) is 125 Å². The Hall–Kier alpha value is -12.0. The molecule has 1 aliphatic rings. The van der Waals surface area contributed by atoms with Gasteiger partial charge in [-0.1, -0.05) is 47.6 Å². The van der Waals surface area contributed by atoms with Crippen LogP contribution in [0.15, 0.2) is 255 Å². The third kappa shape index (κ3) is 31.2. The molecule has 4 aromatic carbocycles. The van der Waals surface area contributed by atoms with Crippen molar-refractivity contribution in [3.05, 3.63) is 347 Å². The molecule has 1 aliphatic heterocycles. The maximum absolute atomic E-state index is 12.4. The molecule has 0 unspecified atom stereocenters. The molecule has 1 saturated heterocycles. The number of hydrogen-bond donors (Lipinski definition) is 6. The molecule has 0 spiro atoms. The fraction of sp³-hybridized carbons (Fsp3) is 0.152. The first kappa shape index (κ1) is 104. The largest absolute Gasteiger partial charge is 1.00 e. The summed E-state index contributed by atoms with van der Waals surface area (Å²) in [5.74, 6) is 9.29. The third-order valence-electron chi connectivity index (χ3n) is 18.9. The Kier molecular flexibility index (Phi) is 41.7. The number of benzene rings is 4. The van der Waals surface area contributed by atoms with Crippen LogP contribution in [-0.4, -0.2) is 112 Å². The summed E-state index contributed by atoms with van der Waals surface area (Å²) in [6, 6.07) is 38.2. The van der Waals surface area contributed by atoms with Gasteiger partial charge in [-0.15, -0.1) is 11.8 Å². The van der Waals surface area contributed by atoms with E-state index < -0.39 is 0 Å². The Balaban J connectivity index is 0.000000239. The van der Waals surface area contributed by atoms with Crippen LogP contribution >= 0.6 is 38.5 Å². The molecular formula is C92H85BBrI2N21Na2O8. The van der Waals surface area contributed by atoms with Crippen molar-refractivity contribution in [2.75, 3.05) is 32.7 Å². The molecular weight excluding hydrogens is 1920 g/mol. The van der Waals surface area contributed by atoms with Gasteiger partial charge in [0.2, 0.25) is 0 Å². The second-order valence-corrected chi connectivity index (χ2v) is 30.4. The van der Waals surface area contributed by atoms with Crippen LogP contribution in [0.2, 0.25) is 0 Å². The summed E-state index contributed by atoms with van der Waals surface area (Å²) < 4.78 is 13.8. The summed E-state index contributed by atoms with van der Waals surface area (Å²) >= 11 is 5.44. The molecule has 0 atom stereocenters. The Morgan fingerprint density at radius 2 is 0.756 bits per heavy atom. The smallest absolute Gasteiger partial charge is 1.00 e. The van der Waals surface area contributed by atoms with E-state index in [1.807, 2.05) is 134 Å². The number of nitrogens with one attached hydrogen (secondary N) is 4. The van der Waals surface area contributed by atoms with Crippen LogP contribution in [0.1, 0.15) is 130 Å². The van der Waals surface area contributed by atoms with Crippen LogP contribution in [0.3, 0.4) is 0 Å². The molecule has 35 heteroatoms. The molecule has 14 aromatic rings. The maximum atomic E-state index is 12.4. The number of nitrogen functional groups attached to an aromatic ring is 2. The number of pyridine rings is 6. The average molecular weight is 2000 g/mol. The van der Waals surface area contributed by atoms with Crippen LogP contribution < -0.4 is 121 Å². The van der Waals surface area contributed by atoms with Gasteiger partial charge in [-0.3, -0.25) is 64.0 Å². The Morgan fingerprint density at radius 1 is 0.417 bits per heavy atom. The van der Waals surface area contributed by atoms with Gasteiger partial charge >= 0.3 is 66.2 Å². The van der Waals surface area contributed by atoms with E-state index in [9.17, 15) is 19.2 Å². The van der Waals surface area contributed by atoms with Crippen molar-refractivity contribution in [3.63, 3.8) is 0 Å². The number of aryl methyl sites for hydroxylation is 8. The number of amides is 4. The van der Waals surface area contributed by atoms with E-state index in [0.29, 0.717) is 67.2 Å². The van der Waals surface area contributed by atoms with Crippen LogP contribution in [0, 0.1) is 93.3 Å². The summed E-state index contributed by atoms with van der Waals surface area (Å²) in [6.07, 6.45) is 37.2. The average Bonchev–Trinajstić information content (AvgIpc) is 1.61. The van der Waals surface area contributed by atoms with Gasteiger partial charge in [0.05, 0.1) is 100 Å². The van der Waals surface area contributed by atoms with Gasteiger partial charge in [-0.05, 0) is 263 Å². The number of hydrogen-bond acceptors (Lipinski definition) is 25. The number of carbonyl (C=O) groups is 4. The maximum Gasteiger partial charge on any atom is 1.00 e. The predicted octanol–water partition coefficient (Wildman–Crippen LogP) is 7.60. The van der Waals surface area contributed by atoms with E-state index in [0.717, 1.165) is 104 Å². The number of nitrogens with zero attached hydrogens (tertiary/aromatic N) is 15. The van der Waals surface area contributed by atoms with Gasteiger partial charge in [0, 0.05) is 123 Å². The number of terminal acetylenes is 1. The number of carbonyl (C=O) groups excluding carboxylic acids is 4. The Morgan fingerprint density at radius 3 is 1.11 bits per heavy atom. The SMILES string of the molecule is C#Cc1cccnc1.Cc1ccc(N)cc1B1OC(C)(C)C(C)(C)O1.Cc1ccncc1C(=O)Nc1cnc(-c2cc(C#Cc3cccnc3)ccc2C)cn1.Cc1ccncc1C(=O)Nc1cnc(-c2cc(I)ccc2C)cn1.Cc1ccncc1C(=O)Nc1cnc(-c2cc(N)ccc2C)cn1.Cc1ccncc1C(=O)Nc1cnc(Br)cn1.O=N[O-].[I-].[Na+].[Na+]. The quantitative estimate of drug-likeness (QED) is 0.0171. The number of rotatable bonds is 12. The minimum Gasteiger partial charge on any atom is -1.00 e. The fourth-order valence-corrected chi connectivity index (χ4v) is 11.9. The molecule has 127 heavy (non-hydrogen) atoms. The van der Waals surface area contributed by atoms with Gasteiger partial charge < -0.3 is 76.1 Å². The normalized spacial score (nSPS) is 11.3. The first-order valence-electron chi connectivity index (χ1n) is 37.9. The van der Waals surface area contributed by atoms with Crippen molar-refractivity contribution in [3.8, 4) is 58.0 Å². The molecule has 10 aromatic heterocycles. The first-order chi connectivity index (χ1) is 59.4. The minimum absolute atomic E-state index is 0. The van der Waals surface area contributed by atoms with E-state index in [1.54, 1.807) is 111 Å². The van der Waals surface area contributed by atoms with Crippen LogP contribution in [-0.2, 0) is 9.31 Å². The number of anilines is 6. The fourth-order valence-electron chi connectivity index (χ4n) is 11.2. The van der Waals surface area contributed by atoms with Gasteiger partial charge in [0.1, 0.15) is 4.60 Å². The summed E-state index contributed by atoms with van der Waals surface area (Å²) in [4.78, 5) is 115. The molecule has 0 radical (unpaired) electrons. The second-order valence-electron chi connectivity index (χ2n) is 28.4. The molecule has 29 nitrogen and oxygen atoms in total. The van der Waals surface area contributed by atoms with Gasteiger partial charge in [-0.2, -0.15) is 0 Å². The van der Waals surface area contributed by atoms with Crippen molar-refractivity contribution < 1.29 is 112 Å². The van der Waals surface area contributed by atoms with Crippen molar-refractivity contribution in [2.45, 2.75) is 94.3 Å². The number of nitrogens with two attached hydrogens (primary N) is 2. The molecule has 4 amide bonds. The summed E-state index contributed by atoms with van der Waals surface area (Å²) in [6.45, 7) is 23.7. The molecule has 0 bridgehead atoms. The van der Waals surface area contributed by atoms with Crippen molar-refractivity contribution in [1.82, 2.24) is 69.8 Å². The third-order valence-corrected chi connectivity index (χ3v) is 19.9. The molecule has 1 fully saturated rings. The van der Waals surface area contributed by atoms with E-state index in [2.05, 4.69) is 193 Å².